The van der Waals surface area contributed by atoms with Gasteiger partial charge in [0.1, 0.15) is 5.75 Å². The van der Waals surface area contributed by atoms with E-state index in [0.717, 1.165) is 26.1 Å². The molecule has 0 amide bonds. The van der Waals surface area contributed by atoms with Crippen molar-refractivity contribution in [3.8, 4) is 5.75 Å². The minimum Gasteiger partial charge on any atom is -0.508 e. The van der Waals surface area contributed by atoms with Gasteiger partial charge in [-0.15, -0.1) is 0 Å². The van der Waals surface area contributed by atoms with Crippen molar-refractivity contribution in [2.45, 2.75) is 19.9 Å². The van der Waals surface area contributed by atoms with Crippen molar-refractivity contribution >= 4 is 0 Å². The molecule has 0 saturated carbocycles. The van der Waals surface area contributed by atoms with Crippen LogP contribution in [0.2, 0.25) is 0 Å². The van der Waals surface area contributed by atoms with E-state index in [0.29, 0.717) is 5.75 Å². The third-order valence-electron chi connectivity index (χ3n) is 2.73. The van der Waals surface area contributed by atoms with Gasteiger partial charge in [0, 0.05) is 13.1 Å². The topological polar surface area (TPSA) is 23.5 Å². The van der Waals surface area contributed by atoms with Crippen LogP contribution in [0.5, 0.6) is 5.75 Å². The molecule has 2 nitrogen and oxygen atoms in total. The van der Waals surface area contributed by atoms with E-state index in [1.54, 1.807) is 6.07 Å². The Bertz CT molecular complexity index is 309. The maximum atomic E-state index is 9.33. The van der Waals surface area contributed by atoms with Gasteiger partial charge in [0.05, 0.1) is 0 Å². The summed E-state index contributed by atoms with van der Waals surface area (Å²) >= 11 is 0. The van der Waals surface area contributed by atoms with E-state index < -0.39 is 0 Å². The standard InChI is InChI=1S/C11H15NO/c1-2-12-6-5-9-3-4-11(13)7-10(9)8-12/h3-4,7,13H,2,5-6,8H2,1H3. The molecule has 1 aromatic rings. The van der Waals surface area contributed by atoms with E-state index in [9.17, 15) is 5.11 Å². The van der Waals surface area contributed by atoms with Crippen LogP contribution in [-0.4, -0.2) is 23.1 Å². The molecule has 0 saturated heterocycles. The lowest BCUT2D eigenvalue weighted by Gasteiger charge is -2.27. The van der Waals surface area contributed by atoms with Crippen molar-refractivity contribution in [1.82, 2.24) is 4.90 Å². The molecule has 13 heavy (non-hydrogen) atoms. The fourth-order valence-corrected chi connectivity index (χ4v) is 1.87. The Morgan fingerprint density at radius 1 is 1.38 bits per heavy atom. The van der Waals surface area contributed by atoms with Gasteiger partial charge in [-0.3, -0.25) is 4.90 Å². The minimum atomic E-state index is 0.386. The van der Waals surface area contributed by atoms with Crippen molar-refractivity contribution in [2.75, 3.05) is 13.1 Å². The number of rotatable bonds is 1. The highest BCUT2D eigenvalue weighted by Gasteiger charge is 2.14. The second kappa shape index (κ2) is 3.38. The Morgan fingerprint density at radius 3 is 3.00 bits per heavy atom. The number of nitrogens with zero attached hydrogens (tertiary/aromatic N) is 1. The highest BCUT2D eigenvalue weighted by Crippen LogP contribution is 2.22. The molecule has 2 rings (SSSR count). The Hall–Kier alpha value is -1.02. The van der Waals surface area contributed by atoms with Gasteiger partial charge in [-0.1, -0.05) is 13.0 Å². The summed E-state index contributed by atoms with van der Waals surface area (Å²) < 4.78 is 0. The number of fused-ring (bicyclic) bond motifs is 1. The van der Waals surface area contributed by atoms with Crippen LogP contribution in [0.4, 0.5) is 0 Å². The summed E-state index contributed by atoms with van der Waals surface area (Å²) in [5.41, 5.74) is 2.68. The quantitative estimate of drug-likeness (QED) is 0.706. The van der Waals surface area contributed by atoms with Crippen LogP contribution in [0, 0.1) is 0 Å². The van der Waals surface area contributed by atoms with Crippen LogP contribution in [0.25, 0.3) is 0 Å². The molecule has 1 aliphatic rings. The largest absolute Gasteiger partial charge is 0.508 e. The third-order valence-corrected chi connectivity index (χ3v) is 2.73. The molecule has 1 aliphatic heterocycles. The third kappa shape index (κ3) is 1.68. The molecule has 1 heterocycles. The minimum absolute atomic E-state index is 0.386. The average Bonchev–Trinajstić information content (AvgIpc) is 2.16. The lowest BCUT2D eigenvalue weighted by molar-refractivity contribution is 0.267. The van der Waals surface area contributed by atoms with E-state index >= 15 is 0 Å². The van der Waals surface area contributed by atoms with Crippen LogP contribution in [0.1, 0.15) is 18.1 Å². The zero-order valence-corrected chi connectivity index (χ0v) is 7.95. The Morgan fingerprint density at radius 2 is 2.23 bits per heavy atom. The molecular formula is C11H15NO. The second-order valence-electron chi connectivity index (χ2n) is 3.57. The lowest BCUT2D eigenvalue weighted by atomic mass is 10.00. The van der Waals surface area contributed by atoms with Gasteiger partial charge >= 0.3 is 0 Å². The fourth-order valence-electron chi connectivity index (χ4n) is 1.87. The molecule has 1 N–H and O–H groups in total. The van der Waals surface area contributed by atoms with Gasteiger partial charge in [-0.2, -0.15) is 0 Å². The van der Waals surface area contributed by atoms with Gasteiger partial charge in [0.2, 0.25) is 0 Å². The summed E-state index contributed by atoms with van der Waals surface area (Å²) in [6.45, 7) is 5.40. The van der Waals surface area contributed by atoms with Crippen LogP contribution in [0.15, 0.2) is 18.2 Å². The van der Waals surface area contributed by atoms with Gasteiger partial charge in [-0.05, 0) is 36.2 Å². The zero-order valence-electron chi connectivity index (χ0n) is 7.95. The molecule has 0 aromatic heterocycles. The van der Waals surface area contributed by atoms with Gasteiger partial charge in [-0.25, -0.2) is 0 Å². The predicted molar refractivity (Wildman–Crippen MR) is 52.8 cm³/mol. The van der Waals surface area contributed by atoms with Crippen molar-refractivity contribution in [3.63, 3.8) is 0 Å². The maximum absolute atomic E-state index is 9.33. The molecule has 0 unspecified atom stereocenters. The monoisotopic (exact) mass is 177 g/mol. The van der Waals surface area contributed by atoms with E-state index in [4.69, 9.17) is 0 Å². The molecule has 1 aromatic carbocycles. The molecule has 0 spiro atoms. The van der Waals surface area contributed by atoms with Crippen LogP contribution < -0.4 is 0 Å². The molecule has 0 atom stereocenters. The number of phenolic OH excluding ortho intramolecular Hbond substituents is 1. The second-order valence-corrected chi connectivity index (χ2v) is 3.57. The molecule has 0 radical (unpaired) electrons. The lowest BCUT2D eigenvalue weighted by Crippen LogP contribution is -2.30. The first-order valence-electron chi connectivity index (χ1n) is 4.82. The number of likely N-dealkylation sites (N-methyl/N-ethyl adjacent to an activating group) is 1. The zero-order chi connectivity index (χ0) is 9.26. The predicted octanol–water partition coefficient (Wildman–Crippen LogP) is 1.77. The van der Waals surface area contributed by atoms with E-state index in [-0.39, 0.29) is 0 Å². The number of phenols is 1. The highest BCUT2D eigenvalue weighted by atomic mass is 16.3. The van der Waals surface area contributed by atoms with Crippen molar-refractivity contribution in [1.29, 1.82) is 0 Å². The summed E-state index contributed by atoms with van der Waals surface area (Å²) in [5.74, 6) is 0.386. The molecular weight excluding hydrogens is 162 g/mol. The first-order chi connectivity index (χ1) is 6.29. The van der Waals surface area contributed by atoms with Crippen LogP contribution in [0.3, 0.4) is 0 Å². The molecule has 0 bridgehead atoms. The molecule has 2 heteroatoms. The first kappa shape index (κ1) is 8.57. The maximum Gasteiger partial charge on any atom is 0.115 e. The van der Waals surface area contributed by atoms with E-state index in [1.807, 2.05) is 12.1 Å². The van der Waals surface area contributed by atoms with Crippen molar-refractivity contribution in [2.24, 2.45) is 0 Å². The smallest absolute Gasteiger partial charge is 0.115 e. The molecule has 0 fully saturated rings. The number of hydrogen-bond donors (Lipinski definition) is 1. The van der Waals surface area contributed by atoms with E-state index in [1.165, 1.54) is 11.1 Å². The van der Waals surface area contributed by atoms with Crippen molar-refractivity contribution < 1.29 is 5.11 Å². The van der Waals surface area contributed by atoms with Gasteiger partial charge in [0.25, 0.3) is 0 Å². The molecule has 0 aliphatic carbocycles. The Kier molecular flexibility index (Phi) is 2.23. The van der Waals surface area contributed by atoms with Gasteiger partial charge in [0.15, 0.2) is 0 Å². The summed E-state index contributed by atoms with van der Waals surface area (Å²) in [7, 11) is 0. The summed E-state index contributed by atoms with van der Waals surface area (Å²) in [6.07, 6.45) is 1.11. The van der Waals surface area contributed by atoms with E-state index in [2.05, 4.69) is 11.8 Å². The Labute approximate surface area is 78.8 Å². The fraction of sp³-hybridized carbons (Fsp3) is 0.455. The number of benzene rings is 1. The average molecular weight is 177 g/mol. The summed E-state index contributed by atoms with van der Waals surface area (Å²) in [5, 5.41) is 9.33. The number of hydrogen-bond acceptors (Lipinski definition) is 2. The summed E-state index contributed by atoms with van der Waals surface area (Å²) in [6, 6.07) is 5.70. The van der Waals surface area contributed by atoms with Gasteiger partial charge < -0.3 is 5.11 Å². The highest BCUT2D eigenvalue weighted by molar-refractivity contribution is 5.36. The summed E-state index contributed by atoms with van der Waals surface area (Å²) in [4.78, 5) is 2.39. The van der Waals surface area contributed by atoms with Crippen molar-refractivity contribution in [3.05, 3.63) is 29.3 Å². The number of aromatic hydroxyl groups is 1. The first-order valence-corrected chi connectivity index (χ1v) is 4.82. The normalized spacial score (nSPS) is 17.0. The molecule has 70 valence electrons. The van der Waals surface area contributed by atoms with Crippen LogP contribution >= 0.6 is 0 Å². The Balaban J connectivity index is 2.27. The van der Waals surface area contributed by atoms with Crippen LogP contribution in [-0.2, 0) is 13.0 Å². The SMILES string of the molecule is CCN1CCc2ccc(O)cc2C1.